The van der Waals surface area contributed by atoms with Crippen LogP contribution in [0.3, 0.4) is 0 Å². The lowest BCUT2D eigenvalue weighted by molar-refractivity contribution is -0.115. The molecule has 0 bridgehead atoms. The van der Waals surface area contributed by atoms with Gasteiger partial charge >= 0.3 is 0 Å². The van der Waals surface area contributed by atoms with Crippen LogP contribution in [-0.2, 0) is 11.4 Å². The zero-order valence-electron chi connectivity index (χ0n) is 12.5. The average Bonchev–Trinajstić information content (AvgIpc) is 2.84. The highest BCUT2D eigenvalue weighted by molar-refractivity contribution is 8.26. The number of hydrogen-bond donors (Lipinski definition) is 1. The molecule has 1 amide bonds. The molecule has 1 aliphatic rings. The first-order valence-corrected chi connectivity index (χ1v) is 8.36. The molecule has 1 heterocycles. The summed E-state index contributed by atoms with van der Waals surface area (Å²) in [5, 5.41) is 2.61. The normalized spacial score (nSPS) is 15.8. The molecule has 1 aliphatic heterocycles. The van der Waals surface area contributed by atoms with E-state index in [-0.39, 0.29) is 5.91 Å². The maximum Gasteiger partial charge on any atom is 0.263 e. The number of hydrogen-bond acceptors (Lipinski definition) is 4. The van der Waals surface area contributed by atoms with E-state index in [1.807, 2.05) is 42.5 Å². The molecule has 2 aromatic carbocycles. The monoisotopic (exact) mass is 341 g/mol. The number of ether oxygens (including phenoxy) is 1. The summed E-state index contributed by atoms with van der Waals surface area (Å²) in [6.45, 7) is 2.59. The van der Waals surface area contributed by atoms with Crippen LogP contribution in [0.25, 0.3) is 6.08 Å². The van der Waals surface area contributed by atoms with E-state index in [2.05, 4.69) is 24.4 Å². The lowest BCUT2D eigenvalue weighted by Gasteiger charge is -2.09. The third-order valence-corrected chi connectivity index (χ3v) is 4.62. The van der Waals surface area contributed by atoms with Crippen LogP contribution in [0.15, 0.2) is 53.4 Å². The van der Waals surface area contributed by atoms with E-state index < -0.39 is 0 Å². The number of carbonyl (C=O) groups is 1. The second kappa shape index (κ2) is 6.98. The van der Waals surface area contributed by atoms with Crippen LogP contribution in [0.1, 0.15) is 16.7 Å². The van der Waals surface area contributed by atoms with Crippen molar-refractivity contribution in [3.63, 3.8) is 0 Å². The molecule has 0 saturated carbocycles. The first-order chi connectivity index (χ1) is 11.1. The Morgan fingerprint density at radius 1 is 1.22 bits per heavy atom. The zero-order chi connectivity index (χ0) is 16.2. The van der Waals surface area contributed by atoms with E-state index in [1.54, 1.807) is 0 Å². The van der Waals surface area contributed by atoms with Crippen molar-refractivity contribution >= 4 is 40.3 Å². The van der Waals surface area contributed by atoms with Crippen molar-refractivity contribution in [1.82, 2.24) is 5.32 Å². The van der Waals surface area contributed by atoms with Crippen molar-refractivity contribution in [2.45, 2.75) is 13.5 Å². The van der Waals surface area contributed by atoms with Crippen molar-refractivity contribution in [1.29, 1.82) is 0 Å². The van der Waals surface area contributed by atoms with Crippen LogP contribution in [0.5, 0.6) is 5.75 Å². The van der Waals surface area contributed by atoms with Gasteiger partial charge in [0.05, 0.1) is 4.91 Å². The first kappa shape index (κ1) is 15.8. The van der Waals surface area contributed by atoms with Crippen molar-refractivity contribution in [2.75, 3.05) is 0 Å². The minimum Gasteiger partial charge on any atom is -0.489 e. The molecule has 116 valence electrons. The summed E-state index contributed by atoms with van der Waals surface area (Å²) in [4.78, 5) is 12.3. The lowest BCUT2D eigenvalue weighted by atomic mass is 10.1. The zero-order valence-corrected chi connectivity index (χ0v) is 14.2. The number of thioether (sulfide) groups is 1. The highest BCUT2D eigenvalue weighted by atomic mass is 32.2. The Morgan fingerprint density at radius 3 is 2.78 bits per heavy atom. The topological polar surface area (TPSA) is 38.3 Å². The summed E-state index contributed by atoms with van der Waals surface area (Å²) >= 11 is 6.27. The van der Waals surface area contributed by atoms with Gasteiger partial charge in [-0.2, -0.15) is 0 Å². The molecular formula is C18H15NO2S2. The third-order valence-electron chi connectivity index (χ3n) is 3.45. The van der Waals surface area contributed by atoms with Gasteiger partial charge in [0.25, 0.3) is 5.91 Å². The predicted molar refractivity (Wildman–Crippen MR) is 98.3 cm³/mol. The Morgan fingerprint density at radius 2 is 2.04 bits per heavy atom. The predicted octanol–water partition coefficient (Wildman–Crippen LogP) is 4.06. The van der Waals surface area contributed by atoms with Gasteiger partial charge in [-0.25, -0.2) is 0 Å². The Bertz CT molecular complexity index is 799. The number of aryl methyl sites for hydroxylation is 1. The average molecular weight is 341 g/mol. The quantitative estimate of drug-likeness (QED) is 0.672. The molecule has 1 saturated heterocycles. The first-order valence-electron chi connectivity index (χ1n) is 7.14. The second-order valence-corrected chi connectivity index (χ2v) is 6.86. The molecule has 0 atom stereocenters. The molecule has 3 nitrogen and oxygen atoms in total. The summed E-state index contributed by atoms with van der Waals surface area (Å²) in [6.07, 6.45) is 1.82. The second-order valence-electron chi connectivity index (χ2n) is 5.14. The van der Waals surface area contributed by atoms with E-state index in [0.29, 0.717) is 15.8 Å². The Kier molecular flexibility index (Phi) is 4.79. The smallest absolute Gasteiger partial charge is 0.263 e. The number of rotatable bonds is 4. The molecule has 0 spiro atoms. The standard InChI is InChI=1S/C18H15NO2S2/c1-12-5-2-3-7-14(12)11-21-15-8-4-6-13(9-15)10-16-17(20)19-18(22)23-16/h2-10H,11H2,1H3,(H,19,20,22)/b16-10+. The molecule has 5 heteroatoms. The van der Waals surface area contributed by atoms with Crippen molar-refractivity contribution in [3.8, 4) is 5.75 Å². The van der Waals surface area contributed by atoms with E-state index in [1.165, 1.54) is 17.3 Å². The van der Waals surface area contributed by atoms with Gasteiger partial charge in [-0.15, -0.1) is 0 Å². The molecule has 23 heavy (non-hydrogen) atoms. The molecule has 2 aromatic rings. The summed E-state index contributed by atoms with van der Waals surface area (Å²) in [6, 6.07) is 15.8. The summed E-state index contributed by atoms with van der Waals surface area (Å²) in [5.41, 5.74) is 3.28. The van der Waals surface area contributed by atoms with Gasteiger partial charge < -0.3 is 10.1 Å². The van der Waals surface area contributed by atoms with Gasteiger partial charge in [0.1, 0.15) is 16.7 Å². The maximum absolute atomic E-state index is 11.7. The molecule has 0 radical (unpaired) electrons. The van der Waals surface area contributed by atoms with Gasteiger partial charge in [0, 0.05) is 0 Å². The Balaban J connectivity index is 1.73. The van der Waals surface area contributed by atoms with Gasteiger partial charge in [-0.1, -0.05) is 60.4 Å². The molecular weight excluding hydrogens is 326 g/mol. The minimum absolute atomic E-state index is 0.147. The summed E-state index contributed by atoms with van der Waals surface area (Å²) < 4.78 is 6.36. The van der Waals surface area contributed by atoms with E-state index in [9.17, 15) is 4.79 Å². The lowest BCUT2D eigenvalue weighted by Crippen LogP contribution is -2.17. The number of benzene rings is 2. The molecule has 3 rings (SSSR count). The van der Waals surface area contributed by atoms with E-state index in [4.69, 9.17) is 17.0 Å². The van der Waals surface area contributed by atoms with Crippen molar-refractivity contribution in [2.24, 2.45) is 0 Å². The van der Waals surface area contributed by atoms with Crippen molar-refractivity contribution in [3.05, 3.63) is 70.1 Å². The van der Waals surface area contributed by atoms with E-state index >= 15 is 0 Å². The van der Waals surface area contributed by atoms with Crippen LogP contribution >= 0.6 is 24.0 Å². The fourth-order valence-electron chi connectivity index (χ4n) is 2.20. The fourth-order valence-corrected chi connectivity index (χ4v) is 3.24. The third kappa shape index (κ3) is 4.00. The minimum atomic E-state index is -0.147. The largest absolute Gasteiger partial charge is 0.489 e. The van der Waals surface area contributed by atoms with Gasteiger partial charge in [0.15, 0.2) is 0 Å². The summed E-state index contributed by atoms with van der Waals surface area (Å²) in [7, 11) is 0. The fraction of sp³-hybridized carbons (Fsp3) is 0.111. The number of carbonyl (C=O) groups excluding carboxylic acids is 1. The SMILES string of the molecule is Cc1ccccc1COc1cccc(/C=C2/SC(=S)NC2=O)c1. The number of amides is 1. The Hall–Kier alpha value is -2.11. The van der Waals surface area contributed by atoms with Gasteiger partial charge in [0.2, 0.25) is 0 Å². The molecule has 0 aromatic heterocycles. The Labute approximate surface area is 144 Å². The van der Waals surface area contributed by atoms with Crippen LogP contribution in [0, 0.1) is 6.92 Å². The van der Waals surface area contributed by atoms with Crippen LogP contribution in [0.2, 0.25) is 0 Å². The number of nitrogens with one attached hydrogen (secondary N) is 1. The van der Waals surface area contributed by atoms with E-state index in [0.717, 1.165) is 16.9 Å². The molecule has 0 aliphatic carbocycles. The van der Waals surface area contributed by atoms with Crippen molar-refractivity contribution < 1.29 is 9.53 Å². The maximum atomic E-state index is 11.7. The van der Waals surface area contributed by atoms with Crippen LogP contribution in [0.4, 0.5) is 0 Å². The van der Waals surface area contributed by atoms with Gasteiger partial charge in [-0.3, -0.25) is 4.79 Å². The summed E-state index contributed by atoms with van der Waals surface area (Å²) in [5.74, 6) is 0.625. The molecule has 1 fully saturated rings. The highest BCUT2D eigenvalue weighted by Gasteiger charge is 2.21. The highest BCUT2D eigenvalue weighted by Crippen LogP contribution is 2.27. The molecule has 0 unspecified atom stereocenters. The van der Waals surface area contributed by atoms with Crippen LogP contribution < -0.4 is 10.1 Å². The number of thiocarbonyl (C=S) groups is 1. The van der Waals surface area contributed by atoms with Crippen LogP contribution in [-0.4, -0.2) is 10.2 Å². The molecule has 1 N–H and O–H groups in total. The van der Waals surface area contributed by atoms with Gasteiger partial charge in [-0.05, 0) is 41.8 Å².